The minimum absolute atomic E-state index is 0.120. The van der Waals surface area contributed by atoms with Crippen molar-refractivity contribution in [1.82, 2.24) is 0 Å². The highest BCUT2D eigenvalue weighted by Gasteiger charge is 2.19. The van der Waals surface area contributed by atoms with E-state index in [4.69, 9.17) is 14.2 Å². The first-order chi connectivity index (χ1) is 34.5. The molecule has 0 aliphatic heterocycles. The van der Waals surface area contributed by atoms with Gasteiger partial charge in [-0.15, -0.1) is 0 Å². The van der Waals surface area contributed by atoms with E-state index in [0.29, 0.717) is 19.3 Å². The van der Waals surface area contributed by atoms with E-state index in [-0.39, 0.29) is 37.5 Å². The summed E-state index contributed by atoms with van der Waals surface area (Å²) in [6.45, 7) is 6.32. The monoisotopic (exact) mass is 967 g/mol. The fourth-order valence-corrected chi connectivity index (χ4v) is 7.20. The maximum absolute atomic E-state index is 12.8. The van der Waals surface area contributed by atoms with Gasteiger partial charge in [0.15, 0.2) is 6.10 Å². The highest BCUT2D eigenvalue weighted by molar-refractivity contribution is 5.71. The van der Waals surface area contributed by atoms with Crippen molar-refractivity contribution in [1.29, 1.82) is 0 Å². The molecule has 0 amide bonds. The van der Waals surface area contributed by atoms with E-state index < -0.39 is 6.10 Å². The third-order valence-corrected chi connectivity index (χ3v) is 11.4. The normalized spacial score (nSPS) is 13.1. The van der Waals surface area contributed by atoms with Gasteiger partial charge in [0.1, 0.15) is 13.2 Å². The van der Waals surface area contributed by atoms with E-state index in [9.17, 15) is 14.4 Å². The Balaban J connectivity index is 4.57. The predicted octanol–water partition coefficient (Wildman–Crippen LogP) is 19.0. The third-order valence-electron chi connectivity index (χ3n) is 11.4. The van der Waals surface area contributed by atoms with E-state index in [0.717, 1.165) is 128 Å². The minimum atomic E-state index is -0.830. The van der Waals surface area contributed by atoms with Gasteiger partial charge in [-0.1, -0.05) is 219 Å². The standard InChI is InChI=1S/C64H102O6/c1-4-7-10-13-16-19-22-25-28-31-32-34-36-39-42-45-48-51-54-57-63(66)69-60-61(59-68-62(65)56-53-50-47-44-41-38-35-30-27-24-21-18-15-12-9-6-3)70-64(67)58-55-52-49-46-43-40-37-33-29-26-23-20-17-14-11-8-5-2/h7-8,10-11,16-17,19-20,25-26,28-30,32,34-35,37,39-40,42,46,49,61H,4-6,9,12-15,18,21-24,27,31,33,36,38,41,43-45,47-48,50-60H2,1-3H3/b10-7-,11-8-,19-16-,20-17-,28-25-,29-26-,34-32-,35-30-,40-37-,42-39-,49-46-/t61-/m1/s1. The van der Waals surface area contributed by atoms with Crippen molar-refractivity contribution < 1.29 is 28.6 Å². The van der Waals surface area contributed by atoms with Crippen LogP contribution >= 0.6 is 0 Å². The van der Waals surface area contributed by atoms with Crippen LogP contribution in [0.3, 0.4) is 0 Å². The van der Waals surface area contributed by atoms with Crippen LogP contribution in [0, 0.1) is 0 Å². The molecule has 6 nitrogen and oxygen atoms in total. The van der Waals surface area contributed by atoms with Crippen LogP contribution in [-0.2, 0) is 28.6 Å². The highest BCUT2D eigenvalue weighted by Crippen LogP contribution is 2.13. The molecule has 0 saturated heterocycles. The lowest BCUT2D eigenvalue weighted by atomic mass is 10.1. The van der Waals surface area contributed by atoms with Gasteiger partial charge in [0.2, 0.25) is 0 Å². The average Bonchev–Trinajstić information content (AvgIpc) is 3.36. The molecule has 0 aromatic rings. The zero-order valence-corrected chi connectivity index (χ0v) is 45.0. The van der Waals surface area contributed by atoms with Crippen LogP contribution < -0.4 is 0 Å². The smallest absolute Gasteiger partial charge is 0.306 e. The fourth-order valence-electron chi connectivity index (χ4n) is 7.20. The summed E-state index contributed by atoms with van der Waals surface area (Å²) >= 11 is 0. The van der Waals surface area contributed by atoms with Crippen LogP contribution in [0.5, 0.6) is 0 Å². The molecule has 0 bridgehead atoms. The topological polar surface area (TPSA) is 78.9 Å². The number of hydrogen-bond acceptors (Lipinski definition) is 6. The Hall–Kier alpha value is -4.45. The average molecular weight is 968 g/mol. The van der Waals surface area contributed by atoms with Gasteiger partial charge in [-0.2, -0.15) is 0 Å². The quantitative estimate of drug-likeness (QED) is 0.0262. The summed E-state index contributed by atoms with van der Waals surface area (Å²) in [5.41, 5.74) is 0. The first-order valence-electron chi connectivity index (χ1n) is 28.2. The summed E-state index contributed by atoms with van der Waals surface area (Å²) in [5.74, 6) is -1.02. The van der Waals surface area contributed by atoms with Crippen LogP contribution in [-0.4, -0.2) is 37.2 Å². The second kappa shape index (κ2) is 57.1. The summed E-state index contributed by atoms with van der Waals surface area (Å²) in [5, 5.41) is 0. The van der Waals surface area contributed by atoms with Gasteiger partial charge >= 0.3 is 17.9 Å². The maximum Gasteiger partial charge on any atom is 0.306 e. The highest BCUT2D eigenvalue weighted by atomic mass is 16.6. The number of allylic oxidation sites excluding steroid dienone is 22. The van der Waals surface area contributed by atoms with Crippen molar-refractivity contribution in [3.8, 4) is 0 Å². The van der Waals surface area contributed by atoms with Gasteiger partial charge in [0.25, 0.3) is 0 Å². The van der Waals surface area contributed by atoms with Gasteiger partial charge in [-0.25, -0.2) is 0 Å². The molecule has 394 valence electrons. The number of carbonyl (C=O) groups is 3. The van der Waals surface area contributed by atoms with Gasteiger partial charge in [0, 0.05) is 19.3 Å². The molecule has 0 rings (SSSR count). The van der Waals surface area contributed by atoms with Crippen molar-refractivity contribution in [2.24, 2.45) is 0 Å². The molecule has 0 spiro atoms. The number of rotatable bonds is 49. The maximum atomic E-state index is 12.8. The number of hydrogen-bond donors (Lipinski definition) is 0. The summed E-state index contributed by atoms with van der Waals surface area (Å²) in [4.78, 5) is 38.1. The lowest BCUT2D eigenvalue weighted by Crippen LogP contribution is -2.30. The molecule has 0 saturated carbocycles. The molecular formula is C64H102O6. The van der Waals surface area contributed by atoms with Crippen molar-refractivity contribution in [3.63, 3.8) is 0 Å². The number of esters is 3. The van der Waals surface area contributed by atoms with E-state index in [1.165, 1.54) is 57.8 Å². The van der Waals surface area contributed by atoms with E-state index in [2.05, 4.69) is 154 Å². The Labute approximate surface area is 430 Å². The molecule has 6 heteroatoms. The first kappa shape index (κ1) is 65.5. The Morgan fingerprint density at radius 3 is 0.943 bits per heavy atom. The van der Waals surface area contributed by atoms with Crippen LogP contribution in [0.2, 0.25) is 0 Å². The SMILES string of the molecule is CC/C=C\C/C=C\C/C=C\C/C=C\C/C=C\CCCCCC(=O)OC[C@@H](COC(=O)CCCCCCC/C=C\CCCCCCCCC)OC(=O)CCC/C=C\C/C=C\C/C=C\C/C=C\C/C=C\CC. The Morgan fingerprint density at radius 1 is 0.300 bits per heavy atom. The number of ether oxygens (including phenoxy) is 3. The molecule has 0 radical (unpaired) electrons. The van der Waals surface area contributed by atoms with E-state index in [1.54, 1.807) is 0 Å². The Bertz CT molecular complexity index is 1530. The third kappa shape index (κ3) is 54.5. The molecule has 0 aliphatic rings. The van der Waals surface area contributed by atoms with Crippen molar-refractivity contribution in [2.75, 3.05) is 13.2 Å². The van der Waals surface area contributed by atoms with Crippen LogP contribution in [0.25, 0.3) is 0 Å². The lowest BCUT2D eigenvalue weighted by molar-refractivity contribution is -0.167. The fraction of sp³-hybridized carbons (Fsp3) is 0.609. The van der Waals surface area contributed by atoms with Gasteiger partial charge in [0.05, 0.1) is 0 Å². The minimum Gasteiger partial charge on any atom is -0.462 e. The second-order valence-corrected chi connectivity index (χ2v) is 18.1. The number of carbonyl (C=O) groups excluding carboxylic acids is 3. The summed E-state index contributed by atoms with van der Waals surface area (Å²) in [7, 11) is 0. The predicted molar refractivity (Wildman–Crippen MR) is 302 cm³/mol. The van der Waals surface area contributed by atoms with Crippen molar-refractivity contribution in [3.05, 3.63) is 134 Å². The molecule has 0 aliphatic carbocycles. The van der Waals surface area contributed by atoms with E-state index >= 15 is 0 Å². The molecular weight excluding hydrogens is 865 g/mol. The summed E-state index contributed by atoms with van der Waals surface area (Å²) in [6.07, 6.45) is 80.1. The molecule has 1 atom stereocenters. The zero-order valence-electron chi connectivity index (χ0n) is 45.0. The molecule has 0 N–H and O–H groups in total. The molecule has 0 heterocycles. The van der Waals surface area contributed by atoms with Crippen LogP contribution in [0.1, 0.15) is 233 Å². The lowest BCUT2D eigenvalue weighted by Gasteiger charge is -2.18. The van der Waals surface area contributed by atoms with Crippen LogP contribution in [0.4, 0.5) is 0 Å². The van der Waals surface area contributed by atoms with Gasteiger partial charge in [-0.05, 0) is 128 Å². The first-order valence-corrected chi connectivity index (χ1v) is 28.2. The largest absolute Gasteiger partial charge is 0.462 e. The summed E-state index contributed by atoms with van der Waals surface area (Å²) < 4.78 is 16.8. The Morgan fingerprint density at radius 2 is 0.571 bits per heavy atom. The van der Waals surface area contributed by atoms with Crippen molar-refractivity contribution >= 4 is 17.9 Å². The molecule has 70 heavy (non-hydrogen) atoms. The van der Waals surface area contributed by atoms with Crippen molar-refractivity contribution in [2.45, 2.75) is 239 Å². The second-order valence-electron chi connectivity index (χ2n) is 18.1. The molecule has 0 aromatic heterocycles. The molecule has 0 aromatic carbocycles. The number of unbranched alkanes of at least 4 members (excludes halogenated alkanes) is 16. The molecule has 0 unspecified atom stereocenters. The Kier molecular flexibility index (Phi) is 53.5. The van der Waals surface area contributed by atoms with Gasteiger partial charge < -0.3 is 14.2 Å². The van der Waals surface area contributed by atoms with E-state index in [1.807, 2.05) is 0 Å². The molecule has 0 fully saturated rings. The van der Waals surface area contributed by atoms with Crippen LogP contribution in [0.15, 0.2) is 134 Å². The zero-order chi connectivity index (χ0) is 50.7. The summed E-state index contributed by atoms with van der Waals surface area (Å²) in [6, 6.07) is 0. The van der Waals surface area contributed by atoms with Gasteiger partial charge in [-0.3, -0.25) is 14.4 Å².